The highest BCUT2D eigenvalue weighted by molar-refractivity contribution is 5.98. The van der Waals surface area contributed by atoms with Crippen LogP contribution in [0.4, 0.5) is 0 Å². The second-order valence-electron chi connectivity index (χ2n) is 6.37. The van der Waals surface area contributed by atoms with Gasteiger partial charge in [0.25, 0.3) is 11.8 Å². The lowest BCUT2D eigenvalue weighted by Gasteiger charge is -2.22. The summed E-state index contributed by atoms with van der Waals surface area (Å²) in [5.41, 5.74) is 0.825. The molecule has 144 valence electrons. The highest BCUT2D eigenvalue weighted by Crippen LogP contribution is 2.22. The summed E-state index contributed by atoms with van der Waals surface area (Å²) in [5, 5.41) is 9.74. The summed E-state index contributed by atoms with van der Waals surface area (Å²) >= 11 is 0. The Morgan fingerprint density at radius 1 is 1.30 bits per heavy atom. The third-order valence-electron chi connectivity index (χ3n) is 4.54. The number of amides is 3. The molecule has 0 saturated carbocycles. The van der Waals surface area contributed by atoms with E-state index in [9.17, 15) is 14.4 Å². The highest BCUT2D eigenvalue weighted by Gasteiger charge is 2.40. The number of carbonyl (C=O) groups is 3. The van der Waals surface area contributed by atoms with E-state index in [-0.39, 0.29) is 30.3 Å². The summed E-state index contributed by atoms with van der Waals surface area (Å²) in [7, 11) is 0. The summed E-state index contributed by atoms with van der Waals surface area (Å²) in [6.45, 7) is 5.14. The zero-order valence-electron chi connectivity index (χ0n) is 15.3. The van der Waals surface area contributed by atoms with Crippen LogP contribution in [-0.2, 0) is 11.3 Å². The van der Waals surface area contributed by atoms with Crippen LogP contribution in [0, 0.1) is 0 Å². The Morgan fingerprint density at radius 2 is 2.11 bits per heavy atom. The number of likely N-dealkylation sites (tertiary alicyclic amines) is 1. The summed E-state index contributed by atoms with van der Waals surface area (Å²) < 4.78 is 6.64. The molecular formula is C18H23N5O4. The molecule has 1 fully saturated rings. The molecule has 0 aliphatic carbocycles. The number of nitrogens with zero attached hydrogens (tertiary/aromatic N) is 3. The summed E-state index contributed by atoms with van der Waals surface area (Å²) in [6, 6.07) is 0.587. The summed E-state index contributed by atoms with van der Waals surface area (Å²) in [4.78, 5) is 39.1. The zero-order chi connectivity index (χ0) is 19.4. The van der Waals surface area contributed by atoms with Gasteiger partial charge in [0.2, 0.25) is 5.91 Å². The van der Waals surface area contributed by atoms with Crippen LogP contribution >= 0.6 is 0 Å². The van der Waals surface area contributed by atoms with E-state index in [0.717, 1.165) is 0 Å². The van der Waals surface area contributed by atoms with Gasteiger partial charge in [-0.1, -0.05) is 0 Å². The fourth-order valence-electron chi connectivity index (χ4n) is 3.18. The standard InChI is InChI=1S/C18H23N5O4/c1-3-19-17(25)15-7-14(10-23(15)18(26)12-5-6-27-11-12)21-16(24)13-8-20-22(4-2)9-13/h5-6,8-9,11,14-15H,3-4,7,10H2,1-2H3,(H,19,25)(H,21,24)/t14-,15-/m0/s1. The molecule has 9 heteroatoms. The predicted octanol–water partition coefficient (Wildman–Crippen LogP) is 0.645. The molecule has 27 heavy (non-hydrogen) atoms. The quantitative estimate of drug-likeness (QED) is 0.772. The maximum Gasteiger partial charge on any atom is 0.257 e. The molecular weight excluding hydrogens is 350 g/mol. The van der Waals surface area contributed by atoms with Crippen LogP contribution in [0.5, 0.6) is 0 Å². The fourth-order valence-corrected chi connectivity index (χ4v) is 3.18. The van der Waals surface area contributed by atoms with E-state index in [4.69, 9.17) is 4.42 Å². The zero-order valence-corrected chi connectivity index (χ0v) is 15.3. The third kappa shape index (κ3) is 4.02. The van der Waals surface area contributed by atoms with Gasteiger partial charge >= 0.3 is 0 Å². The molecule has 9 nitrogen and oxygen atoms in total. The van der Waals surface area contributed by atoms with Crippen LogP contribution in [0.1, 0.15) is 41.0 Å². The Bertz CT molecular complexity index is 814. The number of aryl methyl sites for hydroxylation is 1. The number of carbonyl (C=O) groups excluding carboxylic acids is 3. The molecule has 2 aromatic heterocycles. The topological polar surface area (TPSA) is 109 Å². The number of nitrogens with one attached hydrogen (secondary N) is 2. The molecule has 0 unspecified atom stereocenters. The average molecular weight is 373 g/mol. The predicted molar refractivity (Wildman–Crippen MR) is 96.0 cm³/mol. The van der Waals surface area contributed by atoms with E-state index < -0.39 is 6.04 Å². The molecule has 1 aliphatic heterocycles. The maximum atomic E-state index is 12.7. The van der Waals surface area contributed by atoms with Crippen molar-refractivity contribution in [3.05, 3.63) is 42.1 Å². The highest BCUT2D eigenvalue weighted by atomic mass is 16.3. The van der Waals surface area contributed by atoms with E-state index in [2.05, 4.69) is 15.7 Å². The Labute approximate surface area is 156 Å². The Hall–Kier alpha value is -3.10. The second kappa shape index (κ2) is 8.07. The Balaban J connectivity index is 1.72. The molecule has 2 N–H and O–H groups in total. The lowest BCUT2D eigenvalue weighted by atomic mass is 10.1. The number of furan rings is 1. The van der Waals surface area contributed by atoms with Gasteiger partial charge in [0.15, 0.2) is 0 Å². The molecule has 3 rings (SSSR count). The van der Waals surface area contributed by atoms with Crippen molar-refractivity contribution in [1.29, 1.82) is 0 Å². The second-order valence-corrected chi connectivity index (χ2v) is 6.37. The van der Waals surface area contributed by atoms with Gasteiger partial charge in [-0.25, -0.2) is 0 Å². The number of aromatic nitrogens is 2. The minimum atomic E-state index is -0.643. The first-order chi connectivity index (χ1) is 13.0. The van der Waals surface area contributed by atoms with Crippen LogP contribution in [0.15, 0.2) is 35.4 Å². The van der Waals surface area contributed by atoms with E-state index in [1.54, 1.807) is 16.9 Å². The molecule has 0 radical (unpaired) electrons. The average Bonchev–Trinajstić information content (AvgIpc) is 3.40. The van der Waals surface area contributed by atoms with Crippen molar-refractivity contribution in [1.82, 2.24) is 25.3 Å². The smallest absolute Gasteiger partial charge is 0.257 e. The minimum Gasteiger partial charge on any atom is -0.472 e. The van der Waals surface area contributed by atoms with Gasteiger partial charge in [0, 0.05) is 31.9 Å². The fraction of sp³-hybridized carbons (Fsp3) is 0.444. The first-order valence-corrected chi connectivity index (χ1v) is 8.97. The van der Waals surface area contributed by atoms with Gasteiger partial charge in [-0.3, -0.25) is 19.1 Å². The minimum absolute atomic E-state index is 0.232. The monoisotopic (exact) mass is 373 g/mol. The number of hydrogen-bond donors (Lipinski definition) is 2. The van der Waals surface area contributed by atoms with E-state index in [1.165, 1.54) is 23.6 Å². The first kappa shape index (κ1) is 18.7. The van der Waals surface area contributed by atoms with Crippen molar-refractivity contribution in [3.63, 3.8) is 0 Å². The molecule has 0 spiro atoms. The van der Waals surface area contributed by atoms with Crippen molar-refractivity contribution in [2.24, 2.45) is 0 Å². The van der Waals surface area contributed by atoms with Crippen LogP contribution in [-0.4, -0.2) is 57.6 Å². The molecule has 2 aromatic rings. The lowest BCUT2D eigenvalue weighted by molar-refractivity contribution is -0.124. The third-order valence-corrected chi connectivity index (χ3v) is 4.54. The van der Waals surface area contributed by atoms with Crippen molar-refractivity contribution in [2.75, 3.05) is 13.1 Å². The van der Waals surface area contributed by atoms with Gasteiger partial charge in [-0.15, -0.1) is 0 Å². The normalized spacial score (nSPS) is 19.1. The van der Waals surface area contributed by atoms with Crippen LogP contribution in [0.25, 0.3) is 0 Å². The summed E-state index contributed by atoms with van der Waals surface area (Å²) in [5.74, 6) is -0.799. The van der Waals surface area contributed by atoms with E-state index >= 15 is 0 Å². The van der Waals surface area contributed by atoms with Crippen LogP contribution in [0.2, 0.25) is 0 Å². The van der Waals surface area contributed by atoms with Crippen molar-refractivity contribution >= 4 is 17.7 Å². The first-order valence-electron chi connectivity index (χ1n) is 8.97. The molecule has 3 amide bonds. The largest absolute Gasteiger partial charge is 0.472 e. The SMILES string of the molecule is CCNC(=O)[C@@H]1C[C@H](NC(=O)c2cnn(CC)c2)CN1C(=O)c1ccoc1. The molecule has 1 aliphatic rings. The molecule has 0 bridgehead atoms. The van der Waals surface area contributed by atoms with E-state index in [1.807, 2.05) is 13.8 Å². The van der Waals surface area contributed by atoms with Gasteiger partial charge in [-0.2, -0.15) is 5.10 Å². The van der Waals surface area contributed by atoms with E-state index in [0.29, 0.717) is 30.6 Å². The molecule has 0 aromatic carbocycles. The Morgan fingerprint density at radius 3 is 2.74 bits per heavy atom. The maximum absolute atomic E-state index is 12.7. The summed E-state index contributed by atoms with van der Waals surface area (Å²) in [6.07, 6.45) is 6.28. The van der Waals surface area contributed by atoms with Crippen molar-refractivity contribution < 1.29 is 18.8 Å². The molecule has 2 atom stereocenters. The van der Waals surface area contributed by atoms with Crippen molar-refractivity contribution in [3.8, 4) is 0 Å². The van der Waals surface area contributed by atoms with Gasteiger partial charge < -0.3 is 20.0 Å². The molecule has 3 heterocycles. The van der Waals surface area contributed by atoms with Gasteiger partial charge in [-0.05, 0) is 26.3 Å². The van der Waals surface area contributed by atoms with Gasteiger partial charge in [0.05, 0.1) is 23.6 Å². The number of hydrogen-bond acceptors (Lipinski definition) is 5. The van der Waals surface area contributed by atoms with Crippen LogP contribution in [0.3, 0.4) is 0 Å². The Kier molecular flexibility index (Phi) is 5.58. The molecule has 1 saturated heterocycles. The number of rotatable bonds is 6. The van der Waals surface area contributed by atoms with Crippen molar-refractivity contribution in [2.45, 2.75) is 38.9 Å². The van der Waals surface area contributed by atoms with Crippen LogP contribution < -0.4 is 10.6 Å². The number of likely N-dealkylation sites (N-methyl/N-ethyl adjacent to an activating group) is 1. The lowest BCUT2D eigenvalue weighted by Crippen LogP contribution is -2.45. The van der Waals surface area contributed by atoms with Gasteiger partial charge in [0.1, 0.15) is 12.3 Å².